The van der Waals surface area contributed by atoms with Crippen molar-refractivity contribution in [2.75, 3.05) is 56.0 Å². The number of nitrogens with zero attached hydrogens (tertiary/aromatic N) is 5. The number of anilines is 2. The van der Waals surface area contributed by atoms with E-state index in [2.05, 4.69) is 31.8 Å². The lowest BCUT2D eigenvalue weighted by molar-refractivity contribution is -0.0808. The van der Waals surface area contributed by atoms with E-state index in [1.54, 1.807) is 6.92 Å². The standard InChI is InChI=1S/C37H43F2N5O7/c1-4-34(25(2)49-24-50-36(46)47)44-35(45)43(23-40-44)30-8-6-28(7-9-30)41-15-17-42(18-16-41)29-10-12-31(13-11-29)48-21-26-20-37(3,51-22-26)32-14-5-27(38)19-33(32)39/h5-14,19,23,25-26,34H,4,15-18,20-22,24H2,1-3H3,(H,46,47)/t25-,26+,34-,37+/m0/s1. The van der Waals surface area contributed by atoms with Gasteiger partial charge in [-0.1, -0.05) is 13.0 Å². The molecule has 0 saturated carbocycles. The number of ether oxygens (including phenoxy) is 4. The molecule has 272 valence electrons. The van der Waals surface area contributed by atoms with Gasteiger partial charge in [-0.3, -0.25) is 0 Å². The van der Waals surface area contributed by atoms with Gasteiger partial charge in [0.05, 0.1) is 36.6 Å². The SMILES string of the molecule is CC[C@@H]([C@H](C)OCOC(=O)O)n1ncn(-c2ccc(N3CCN(c4ccc(OC[C@@H]5CO[C@@](C)(c6ccc(F)cc6F)C5)cc4)CC3)cc2)c1=O. The number of hydrogen-bond acceptors (Lipinski definition) is 9. The van der Waals surface area contributed by atoms with Crippen molar-refractivity contribution in [1.29, 1.82) is 0 Å². The zero-order valence-corrected chi connectivity index (χ0v) is 28.9. The highest BCUT2D eigenvalue weighted by atomic mass is 19.1. The molecule has 0 spiro atoms. The van der Waals surface area contributed by atoms with Crippen LogP contribution in [0.4, 0.5) is 25.0 Å². The Morgan fingerprint density at radius 2 is 1.63 bits per heavy atom. The Kier molecular flexibility index (Phi) is 10.9. The average Bonchev–Trinajstić information content (AvgIpc) is 3.70. The predicted octanol–water partition coefficient (Wildman–Crippen LogP) is 5.98. The predicted molar refractivity (Wildman–Crippen MR) is 186 cm³/mol. The second-order valence-electron chi connectivity index (χ2n) is 13.1. The molecule has 12 nitrogen and oxygen atoms in total. The number of piperazine rings is 1. The molecule has 4 atom stereocenters. The molecule has 0 bridgehead atoms. The Labute approximate surface area is 294 Å². The maximum Gasteiger partial charge on any atom is 0.507 e. The number of carbonyl (C=O) groups is 1. The van der Waals surface area contributed by atoms with E-state index in [4.69, 9.17) is 19.3 Å². The van der Waals surface area contributed by atoms with Gasteiger partial charge in [0.15, 0.2) is 6.79 Å². The Hall–Kier alpha value is -4.95. The highest BCUT2D eigenvalue weighted by Gasteiger charge is 2.40. The van der Waals surface area contributed by atoms with Gasteiger partial charge >= 0.3 is 11.8 Å². The lowest BCUT2D eigenvalue weighted by Gasteiger charge is -2.37. The largest absolute Gasteiger partial charge is 0.507 e. The second-order valence-corrected chi connectivity index (χ2v) is 13.1. The van der Waals surface area contributed by atoms with Crippen LogP contribution in [-0.2, 0) is 19.8 Å². The first kappa shape index (κ1) is 35.9. The second kappa shape index (κ2) is 15.5. The van der Waals surface area contributed by atoms with Gasteiger partial charge in [0.25, 0.3) is 0 Å². The molecule has 14 heteroatoms. The highest BCUT2D eigenvalue weighted by molar-refractivity contribution is 5.56. The van der Waals surface area contributed by atoms with E-state index in [-0.39, 0.29) is 11.6 Å². The quantitative estimate of drug-likeness (QED) is 0.131. The van der Waals surface area contributed by atoms with Gasteiger partial charge in [-0.15, -0.1) is 0 Å². The fraction of sp³-hybridized carbons (Fsp3) is 0.432. The third kappa shape index (κ3) is 8.18. The summed E-state index contributed by atoms with van der Waals surface area (Å²) in [6, 6.07) is 19.0. The number of rotatable bonds is 13. The van der Waals surface area contributed by atoms with Crippen LogP contribution in [0.15, 0.2) is 77.9 Å². The number of hydrogen-bond donors (Lipinski definition) is 1. The number of aromatic nitrogens is 3. The van der Waals surface area contributed by atoms with Crippen molar-refractivity contribution in [3.63, 3.8) is 0 Å². The Morgan fingerprint density at radius 1 is 1.00 bits per heavy atom. The third-order valence-corrected chi connectivity index (χ3v) is 9.76. The van der Waals surface area contributed by atoms with E-state index in [0.29, 0.717) is 37.3 Å². The van der Waals surface area contributed by atoms with Gasteiger partial charge < -0.3 is 33.9 Å². The van der Waals surface area contributed by atoms with Crippen molar-refractivity contribution in [2.24, 2.45) is 5.92 Å². The van der Waals surface area contributed by atoms with Crippen molar-refractivity contribution >= 4 is 17.5 Å². The fourth-order valence-corrected chi connectivity index (χ4v) is 6.93. The molecular formula is C37H43F2N5O7. The minimum absolute atomic E-state index is 0.0799. The van der Waals surface area contributed by atoms with E-state index in [0.717, 1.165) is 49.4 Å². The van der Waals surface area contributed by atoms with E-state index in [9.17, 15) is 18.4 Å². The Morgan fingerprint density at radius 3 is 2.24 bits per heavy atom. The first-order valence-electron chi connectivity index (χ1n) is 17.1. The van der Waals surface area contributed by atoms with Crippen LogP contribution in [0.2, 0.25) is 0 Å². The minimum atomic E-state index is -1.43. The van der Waals surface area contributed by atoms with Crippen LogP contribution in [0, 0.1) is 17.6 Å². The molecule has 0 aliphatic carbocycles. The van der Waals surface area contributed by atoms with Gasteiger partial charge in [-0.25, -0.2) is 27.6 Å². The molecule has 1 N–H and O–H groups in total. The topological polar surface area (TPSA) is 121 Å². The molecule has 4 aromatic rings. The molecule has 0 unspecified atom stereocenters. The molecule has 2 aliphatic heterocycles. The molecule has 2 aliphatic rings. The van der Waals surface area contributed by atoms with Crippen LogP contribution in [0.1, 0.15) is 45.2 Å². The molecule has 51 heavy (non-hydrogen) atoms. The summed E-state index contributed by atoms with van der Waals surface area (Å²) < 4.78 is 52.6. The summed E-state index contributed by atoms with van der Waals surface area (Å²) in [6.07, 6.45) is 0.680. The van der Waals surface area contributed by atoms with E-state index in [1.165, 1.54) is 27.7 Å². The Bertz CT molecular complexity index is 1840. The smallest absolute Gasteiger partial charge is 0.493 e. The van der Waals surface area contributed by atoms with Crippen LogP contribution in [0.25, 0.3) is 5.69 Å². The molecule has 0 radical (unpaired) electrons. The molecule has 6 rings (SSSR count). The highest BCUT2D eigenvalue weighted by Crippen LogP contribution is 2.40. The fourth-order valence-electron chi connectivity index (χ4n) is 6.93. The lowest BCUT2D eigenvalue weighted by atomic mass is 9.89. The summed E-state index contributed by atoms with van der Waals surface area (Å²) in [5, 5.41) is 13.0. The van der Waals surface area contributed by atoms with Gasteiger partial charge in [0.1, 0.15) is 23.7 Å². The first-order chi connectivity index (χ1) is 24.5. The number of halogens is 2. The van der Waals surface area contributed by atoms with Gasteiger partial charge in [-0.05, 0) is 81.3 Å². The lowest BCUT2D eigenvalue weighted by Crippen LogP contribution is -2.46. The van der Waals surface area contributed by atoms with Crippen LogP contribution >= 0.6 is 0 Å². The van der Waals surface area contributed by atoms with Gasteiger partial charge in [0, 0.05) is 55.1 Å². The van der Waals surface area contributed by atoms with Gasteiger partial charge in [0.2, 0.25) is 0 Å². The van der Waals surface area contributed by atoms with E-state index >= 15 is 0 Å². The normalized spacial score (nSPS) is 20.3. The van der Waals surface area contributed by atoms with Crippen molar-refractivity contribution in [3.05, 3.63) is 101 Å². The summed E-state index contributed by atoms with van der Waals surface area (Å²) in [5.41, 5.74) is 2.08. The third-order valence-electron chi connectivity index (χ3n) is 9.76. The molecule has 2 fully saturated rings. The van der Waals surface area contributed by atoms with Crippen molar-refractivity contribution in [1.82, 2.24) is 14.3 Å². The summed E-state index contributed by atoms with van der Waals surface area (Å²) in [5.74, 6) is -0.371. The summed E-state index contributed by atoms with van der Waals surface area (Å²) in [7, 11) is 0. The Balaban J connectivity index is 0.983. The maximum atomic E-state index is 14.4. The van der Waals surface area contributed by atoms with Crippen LogP contribution < -0.4 is 20.2 Å². The minimum Gasteiger partial charge on any atom is -0.493 e. The zero-order valence-electron chi connectivity index (χ0n) is 28.9. The summed E-state index contributed by atoms with van der Waals surface area (Å²) in [4.78, 5) is 28.5. The van der Waals surface area contributed by atoms with Crippen molar-refractivity contribution < 1.29 is 37.6 Å². The zero-order chi connectivity index (χ0) is 36.1. The first-order valence-corrected chi connectivity index (χ1v) is 17.1. The van der Waals surface area contributed by atoms with E-state index in [1.807, 2.05) is 50.2 Å². The summed E-state index contributed by atoms with van der Waals surface area (Å²) in [6.45, 7) is 9.25. The maximum absolute atomic E-state index is 14.4. The summed E-state index contributed by atoms with van der Waals surface area (Å²) >= 11 is 0. The van der Waals surface area contributed by atoms with Crippen LogP contribution in [-0.4, -0.2) is 77.9 Å². The number of benzene rings is 3. The molecule has 0 amide bonds. The molecule has 2 saturated heterocycles. The molecule has 1 aromatic heterocycles. The van der Waals surface area contributed by atoms with Gasteiger partial charge in [-0.2, -0.15) is 5.10 Å². The van der Waals surface area contributed by atoms with Crippen LogP contribution in [0.5, 0.6) is 5.75 Å². The molecule has 3 aromatic carbocycles. The number of carboxylic acid groups (broad SMARTS) is 1. The van der Waals surface area contributed by atoms with Crippen molar-refractivity contribution in [3.8, 4) is 11.4 Å². The average molecular weight is 708 g/mol. The molecular weight excluding hydrogens is 664 g/mol. The van der Waals surface area contributed by atoms with E-state index < -0.39 is 42.3 Å². The van der Waals surface area contributed by atoms with Crippen molar-refractivity contribution in [2.45, 2.75) is 51.4 Å². The monoisotopic (exact) mass is 707 g/mol. The van der Waals surface area contributed by atoms with Crippen LogP contribution in [0.3, 0.4) is 0 Å². The molecule has 3 heterocycles.